The summed E-state index contributed by atoms with van der Waals surface area (Å²) < 4.78 is 10.7. The molecule has 2 aromatic rings. The summed E-state index contributed by atoms with van der Waals surface area (Å²) in [5, 5.41) is 3.94. The fourth-order valence-corrected chi connectivity index (χ4v) is 3.77. The van der Waals surface area contributed by atoms with Gasteiger partial charge in [-0.3, -0.25) is 4.79 Å². The highest BCUT2D eigenvalue weighted by atomic mass is 35.5. The lowest BCUT2D eigenvalue weighted by molar-refractivity contribution is 0.0897. The number of rotatable bonds is 3. The Kier molecular flexibility index (Phi) is 3.85. The van der Waals surface area contributed by atoms with Gasteiger partial charge in [0.25, 0.3) is 5.91 Å². The maximum Gasteiger partial charge on any atom is 0.252 e. The van der Waals surface area contributed by atoms with Crippen molar-refractivity contribution in [2.75, 3.05) is 6.79 Å². The first-order valence-electron chi connectivity index (χ1n) is 8.15. The molecule has 0 bridgehead atoms. The van der Waals surface area contributed by atoms with Crippen LogP contribution in [0.5, 0.6) is 11.5 Å². The number of benzene rings is 2. The van der Waals surface area contributed by atoms with Crippen LogP contribution in [0.4, 0.5) is 0 Å². The lowest BCUT2D eigenvalue weighted by Gasteiger charge is -2.31. The summed E-state index contributed by atoms with van der Waals surface area (Å²) in [4.78, 5) is 12.8. The number of ether oxygens (including phenoxy) is 2. The minimum atomic E-state index is -0.349. The number of hydrogen-bond acceptors (Lipinski definition) is 3. The molecule has 1 fully saturated rings. The fourth-order valence-electron chi connectivity index (χ4n) is 3.58. The molecule has 0 radical (unpaired) electrons. The first-order chi connectivity index (χ1) is 11.7. The van der Waals surface area contributed by atoms with Gasteiger partial charge in [-0.05, 0) is 48.7 Å². The van der Waals surface area contributed by atoms with Gasteiger partial charge in [-0.2, -0.15) is 0 Å². The number of fused-ring (bicyclic) bond motifs is 1. The Balaban J connectivity index is 1.62. The number of carbonyl (C=O) groups is 1. The van der Waals surface area contributed by atoms with E-state index in [1.54, 1.807) is 18.2 Å². The molecule has 1 N–H and O–H groups in total. The van der Waals surface area contributed by atoms with Gasteiger partial charge in [0.2, 0.25) is 6.79 Å². The molecule has 0 aromatic heterocycles. The largest absolute Gasteiger partial charge is 0.454 e. The Hall–Kier alpha value is -2.20. The highest BCUT2D eigenvalue weighted by molar-refractivity contribution is 6.30. The van der Waals surface area contributed by atoms with Gasteiger partial charge in [-0.15, -0.1) is 0 Å². The standard InChI is InChI=1S/C19H18ClNO3/c20-15-5-3-4-14(11-15)19(8-1-2-9-19)21-18(22)13-6-7-16-17(10-13)24-12-23-16/h3-7,10-11H,1-2,8-9,12H2,(H,21,22). The van der Waals surface area contributed by atoms with Crippen molar-refractivity contribution >= 4 is 17.5 Å². The van der Waals surface area contributed by atoms with Gasteiger partial charge in [-0.25, -0.2) is 0 Å². The molecule has 4 rings (SSSR count). The van der Waals surface area contributed by atoms with Crippen molar-refractivity contribution in [3.63, 3.8) is 0 Å². The van der Waals surface area contributed by atoms with Crippen LogP contribution in [0.2, 0.25) is 5.02 Å². The number of hydrogen-bond donors (Lipinski definition) is 1. The summed E-state index contributed by atoms with van der Waals surface area (Å²) in [6.45, 7) is 0.201. The third-order valence-electron chi connectivity index (χ3n) is 4.82. The zero-order valence-corrected chi connectivity index (χ0v) is 13.9. The third-order valence-corrected chi connectivity index (χ3v) is 5.06. The molecule has 1 aliphatic carbocycles. The maximum absolute atomic E-state index is 12.8. The van der Waals surface area contributed by atoms with E-state index in [0.717, 1.165) is 31.2 Å². The average molecular weight is 344 g/mol. The molecule has 0 saturated heterocycles. The minimum absolute atomic E-state index is 0.102. The van der Waals surface area contributed by atoms with E-state index in [4.69, 9.17) is 21.1 Å². The van der Waals surface area contributed by atoms with Gasteiger partial charge in [0, 0.05) is 10.6 Å². The molecule has 124 valence electrons. The van der Waals surface area contributed by atoms with E-state index < -0.39 is 0 Å². The summed E-state index contributed by atoms with van der Waals surface area (Å²) in [6.07, 6.45) is 4.02. The van der Waals surface area contributed by atoms with E-state index in [1.165, 1.54) is 0 Å². The Morgan fingerprint density at radius 1 is 1.04 bits per heavy atom. The molecule has 1 amide bonds. The molecule has 24 heavy (non-hydrogen) atoms. The molecular formula is C19H18ClNO3. The summed E-state index contributed by atoms with van der Waals surface area (Å²) in [7, 11) is 0. The molecule has 1 aliphatic heterocycles. The van der Waals surface area contributed by atoms with Gasteiger partial charge in [-0.1, -0.05) is 36.6 Å². The van der Waals surface area contributed by atoms with Crippen molar-refractivity contribution in [1.29, 1.82) is 0 Å². The van der Waals surface area contributed by atoms with Crippen molar-refractivity contribution in [3.05, 3.63) is 58.6 Å². The Labute approximate surface area is 145 Å². The second-order valence-electron chi connectivity index (χ2n) is 6.32. The van der Waals surface area contributed by atoms with Crippen LogP contribution < -0.4 is 14.8 Å². The Morgan fingerprint density at radius 2 is 1.83 bits per heavy atom. The van der Waals surface area contributed by atoms with Crippen LogP contribution >= 0.6 is 11.6 Å². The van der Waals surface area contributed by atoms with Crippen LogP contribution in [-0.2, 0) is 5.54 Å². The number of carbonyl (C=O) groups excluding carboxylic acids is 1. The number of nitrogens with one attached hydrogen (secondary N) is 1. The van der Waals surface area contributed by atoms with Gasteiger partial charge in [0.05, 0.1) is 5.54 Å². The van der Waals surface area contributed by atoms with E-state index in [1.807, 2.05) is 24.3 Å². The summed E-state index contributed by atoms with van der Waals surface area (Å²) in [5.74, 6) is 1.19. The van der Waals surface area contributed by atoms with Crippen LogP contribution in [0, 0.1) is 0 Å². The molecule has 0 spiro atoms. The first-order valence-corrected chi connectivity index (χ1v) is 8.52. The van der Waals surface area contributed by atoms with Crippen molar-refractivity contribution in [2.45, 2.75) is 31.2 Å². The Morgan fingerprint density at radius 3 is 2.62 bits per heavy atom. The highest BCUT2D eigenvalue weighted by Crippen LogP contribution is 2.40. The van der Waals surface area contributed by atoms with Crippen LogP contribution in [-0.4, -0.2) is 12.7 Å². The lowest BCUT2D eigenvalue weighted by Crippen LogP contribution is -2.43. The zero-order chi connectivity index (χ0) is 16.6. The minimum Gasteiger partial charge on any atom is -0.454 e. The van der Waals surface area contributed by atoms with Crippen LogP contribution in [0.15, 0.2) is 42.5 Å². The normalized spacial score (nSPS) is 17.7. The van der Waals surface area contributed by atoms with Crippen LogP contribution in [0.1, 0.15) is 41.6 Å². The lowest BCUT2D eigenvalue weighted by atomic mass is 9.87. The molecule has 1 heterocycles. The molecule has 5 heteroatoms. The smallest absolute Gasteiger partial charge is 0.252 e. The maximum atomic E-state index is 12.8. The summed E-state index contributed by atoms with van der Waals surface area (Å²) in [5.41, 5.74) is 1.30. The summed E-state index contributed by atoms with van der Waals surface area (Å²) >= 11 is 6.16. The molecule has 2 aliphatic rings. The zero-order valence-electron chi connectivity index (χ0n) is 13.2. The fraction of sp³-hybridized carbons (Fsp3) is 0.316. The van der Waals surface area contributed by atoms with Crippen LogP contribution in [0.25, 0.3) is 0 Å². The van der Waals surface area contributed by atoms with Gasteiger partial charge in [0.15, 0.2) is 11.5 Å². The highest BCUT2D eigenvalue weighted by Gasteiger charge is 2.37. The second-order valence-corrected chi connectivity index (χ2v) is 6.76. The van der Waals surface area contributed by atoms with E-state index in [-0.39, 0.29) is 18.2 Å². The van der Waals surface area contributed by atoms with Crippen molar-refractivity contribution < 1.29 is 14.3 Å². The van der Waals surface area contributed by atoms with E-state index in [2.05, 4.69) is 5.32 Å². The van der Waals surface area contributed by atoms with Crippen molar-refractivity contribution in [3.8, 4) is 11.5 Å². The van der Waals surface area contributed by atoms with E-state index in [9.17, 15) is 4.79 Å². The quantitative estimate of drug-likeness (QED) is 0.905. The molecule has 4 nitrogen and oxygen atoms in total. The molecule has 2 aromatic carbocycles. The first kappa shape index (κ1) is 15.3. The summed E-state index contributed by atoms with van der Waals surface area (Å²) in [6, 6.07) is 13.1. The second kappa shape index (κ2) is 6.02. The molecule has 1 saturated carbocycles. The van der Waals surface area contributed by atoms with E-state index in [0.29, 0.717) is 22.1 Å². The molecule has 0 unspecified atom stereocenters. The topological polar surface area (TPSA) is 47.6 Å². The van der Waals surface area contributed by atoms with Gasteiger partial charge >= 0.3 is 0 Å². The monoisotopic (exact) mass is 343 g/mol. The van der Waals surface area contributed by atoms with Gasteiger partial charge in [0.1, 0.15) is 0 Å². The predicted molar refractivity (Wildman–Crippen MR) is 91.6 cm³/mol. The van der Waals surface area contributed by atoms with Crippen LogP contribution in [0.3, 0.4) is 0 Å². The number of amides is 1. The van der Waals surface area contributed by atoms with Crippen molar-refractivity contribution in [1.82, 2.24) is 5.32 Å². The molecular weight excluding hydrogens is 326 g/mol. The Bertz CT molecular complexity index is 784. The van der Waals surface area contributed by atoms with Gasteiger partial charge < -0.3 is 14.8 Å². The SMILES string of the molecule is O=C(NC1(c2cccc(Cl)c2)CCCC1)c1ccc2c(c1)OCO2. The van der Waals surface area contributed by atoms with E-state index >= 15 is 0 Å². The third kappa shape index (κ3) is 2.71. The predicted octanol–water partition coefficient (Wildman–Crippen LogP) is 4.27. The van der Waals surface area contributed by atoms with Crippen molar-refractivity contribution in [2.24, 2.45) is 0 Å². The average Bonchev–Trinajstić information content (AvgIpc) is 3.23. The molecule has 0 atom stereocenters. The number of halogens is 1.